The van der Waals surface area contributed by atoms with Crippen LogP contribution in [0.5, 0.6) is 0 Å². The first-order valence-electron chi connectivity index (χ1n) is 6.46. The van der Waals surface area contributed by atoms with E-state index in [1.165, 1.54) is 5.56 Å². The summed E-state index contributed by atoms with van der Waals surface area (Å²) in [5.41, 5.74) is 2.32. The molecule has 2 rings (SSSR count). The fraction of sp³-hybridized carbons (Fsp3) is 0.500. The van der Waals surface area contributed by atoms with Crippen LogP contribution in [-0.4, -0.2) is 42.2 Å². The van der Waals surface area contributed by atoms with Crippen LogP contribution in [0.15, 0.2) is 24.3 Å². The van der Waals surface area contributed by atoms with E-state index in [-0.39, 0.29) is 18.4 Å². The van der Waals surface area contributed by atoms with Gasteiger partial charge in [0.05, 0.1) is 12.5 Å². The molecule has 98 valence electrons. The van der Waals surface area contributed by atoms with Gasteiger partial charge in [-0.05, 0) is 18.1 Å². The second-order valence-electron chi connectivity index (χ2n) is 4.52. The number of carbonyl (C=O) groups is 1. The third-order valence-corrected chi connectivity index (χ3v) is 3.46. The topological polar surface area (TPSA) is 52.6 Å². The normalized spacial score (nSPS) is 18.2. The van der Waals surface area contributed by atoms with E-state index >= 15 is 0 Å². The average Bonchev–Trinajstić information content (AvgIpc) is 2.43. The lowest BCUT2D eigenvalue weighted by molar-refractivity contribution is -0.133. The molecule has 0 aromatic heterocycles. The Morgan fingerprint density at radius 3 is 3.00 bits per heavy atom. The smallest absolute Gasteiger partial charge is 0.231 e. The second-order valence-corrected chi connectivity index (χ2v) is 4.52. The highest BCUT2D eigenvalue weighted by Crippen LogP contribution is 2.25. The zero-order chi connectivity index (χ0) is 13.0. The van der Waals surface area contributed by atoms with Gasteiger partial charge in [-0.2, -0.15) is 0 Å². The van der Waals surface area contributed by atoms with E-state index in [1.807, 2.05) is 25.1 Å². The van der Waals surface area contributed by atoms with Crippen molar-refractivity contribution in [1.82, 2.24) is 10.2 Å². The minimum Gasteiger partial charge on any atom is -0.395 e. The van der Waals surface area contributed by atoms with Gasteiger partial charge in [0.25, 0.3) is 0 Å². The maximum atomic E-state index is 12.5. The quantitative estimate of drug-likeness (QED) is 0.825. The van der Waals surface area contributed by atoms with Gasteiger partial charge in [-0.15, -0.1) is 0 Å². The van der Waals surface area contributed by atoms with Crippen molar-refractivity contribution in [2.45, 2.75) is 19.4 Å². The molecule has 1 unspecified atom stereocenters. The third kappa shape index (κ3) is 2.54. The Kier molecular flexibility index (Phi) is 4.33. The van der Waals surface area contributed by atoms with Crippen molar-refractivity contribution < 1.29 is 9.90 Å². The number of fused-ring (bicyclic) bond motifs is 1. The number of rotatable bonds is 4. The molecule has 4 nitrogen and oxygen atoms in total. The Morgan fingerprint density at radius 1 is 1.50 bits per heavy atom. The van der Waals surface area contributed by atoms with E-state index in [4.69, 9.17) is 5.11 Å². The first kappa shape index (κ1) is 13.1. The molecule has 18 heavy (non-hydrogen) atoms. The summed E-state index contributed by atoms with van der Waals surface area (Å²) >= 11 is 0. The summed E-state index contributed by atoms with van der Waals surface area (Å²) in [7, 11) is 0. The Bertz CT molecular complexity index is 420. The van der Waals surface area contributed by atoms with Gasteiger partial charge in [-0.1, -0.05) is 24.3 Å². The maximum absolute atomic E-state index is 12.5. The van der Waals surface area contributed by atoms with Gasteiger partial charge in [0.15, 0.2) is 0 Å². The molecule has 2 N–H and O–H groups in total. The van der Waals surface area contributed by atoms with Crippen LogP contribution >= 0.6 is 0 Å². The minimum atomic E-state index is -0.124. The fourth-order valence-electron chi connectivity index (χ4n) is 2.48. The summed E-state index contributed by atoms with van der Waals surface area (Å²) in [5.74, 6) is -0.0207. The summed E-state index contributed by atoms with van der Waals surface area (Å²) < 4.78 is 0. The zero-order valence-corrected chi connectivity index (χ0v) is 10.7. The number of carbonyl (C=O) groups excluding carboxylic acids is 1. The number of hydrogen-bond donors (Lipinski definition) is 2. The molecule has 0 fully saturated rings. The van der Waals surface area contributed by atoms with E-state index < -0.39 is 0 Å². The van der Waals surface area contributed by atoms with Gasteiger partial charge in [0.2, 0.25) is 5.91 Å². The highest BCUT2D eigenvalue weighted by atomic mass is 16.3. The molecule has 0 aliphatic carbocycles. The van der Waals surface area contributed by atoms with E-state index in [0.29, 0.717) is 19.6 Å². The van der Waals surface area contributed by atoms with Crippen LogP contribution in [0.1, 0.15) is 24.0 Å². The first-order valence-corrected chi connectivity index (χ1v) is 6.46. The first-order chi connectivity index (χ1) is 8.77. The largest absolute Gasteiger partial charge is 0.395 e. The molecule has 1 aliphatic heterocycles. The van der Waals surface area contributed by atoms with Gasteiger partial charge >= 0.3 is 0 Å². The predicted octanol–water partition coefficient (Wildman–Crippen LogP) is 0.714. The third-order valence-electron chi connectivity index (χ3n) is 3.46. The van der Waals surface area contributed by atoms with Gasteiger partial charge in [-0.25, -0.2) is 0 Å². The molecular weight excluding hydrogens is 228 g/mol. The molecule has 1 aromatic carbocycles. The van der Waals surface area contributed by atoms with Gasteiger partial charge in [0.1, 0.15) is 0 Å². The molecule has 1 aliphatic rings. The number of hydrogen-bond acceptors (Lipinski definition) is 3. The van der Waals surface area contributed by atoms with Crippen LogP contribution < -0.4 is 5.32 Å². The standard InChI is InChI=1S/C14H20N2O2/c1-2-16(7-8-17)14(18)13-10-15-9-11-5-3-4-6-12(11)13/h3-6,13,15,17H,2,7-10H2,1H3. The highest BCUT2D eigenvalue weighted by Gasteiger charge is 2.28. The van der Waals surface area contributed by atoms with Crippen molar-refractivity contribution in [2.24, 2.45) is 0 Å². The van der Waals surface area contributed by atoms with Crippen molar-refractivity contribution in [3.05, 3.63) is 35.4 Å². The lowest BCUT2D eigenvalue weighted by Crippen LogP contribution is -2.42. The summed E-state index contributed by atoms with van der Waals surface area (Å²) in [6.07, 6.45) is 0. The van der Waals surface area contributed by atoms with Crippen molar-refractivity contribution in [1.29, 1.82) is 0 Å². The predicted molar refractivity (Wildman–Crippen MR) is 70.2 cm³/mol. The Labute approximate surface area is 108 Å². The van der Waals surface area contributed by atoms with E-state index in [1.54, 1.807) is 4.90 Å². The van der Waals surface area contributed by atoms with Gasteiger partial charge < -0.3 is 15.3 Å². The average molecular weight is 248 g/mol. The molecule has 1 atom stereocenters. The molecule has 0 radical (unpaired) electrons. The number of aliphatic hydroxyl groups is 1. The molecule has 0 saturated carbocycles. The summed E-state index contributed by atoms with van der Waals surface area (Å²) in [6, 6.07) is 8.07. The molecule has 0 bridgehead atoms. The molecule has 0 spiro atoms. The lowest BCUT2D eigenvalue weighted by atomic mass is 9.90. The van der Waals surface area contributed by atoms with Crippen LogP contribution in [0.3, 0.4) is 0 Å². The molecule has 1 heterocycles. The Balaban J connectivity index is 2.21. The van der Waals surface area contributed by atoms with Crippen LogP contribution in [0, 0.1) is 0 Å². The van der Waals surface area contributed by atoms with Crippen molar-refractivity contribution in [2.75, 3.05) is 26.2 Å². The number of amides is 1. The number of benzene rings is 1. The zero-order valence-electron chi connectivity index (χ0n) is 10.7. The summed E-state index contributed by atoms with van der Waals surface area (Å²) in [6.45, 7) is 4.51. The van der Waals surface area contributed by atoms with Crippen molar-refractivity contribution in [3.63, 3.8) is 0 Å². The van der Waals surface area contributed by atoms with Crippen LogP contribution in [0.25, 0.3) is 0 Å². The Hall–Kier alpha value is -1.39. The number of nitrogens with zero attached hydrogens (tertiary/aromatic N) is 1. The number of nitrogens with one attached hydrogen (secondary N) is 1. The molecule has 4 heteroatoms. The molecule has 0 saturated heterocycles. The second kappa shape index (κ2) is 5.98. The molecule has 1 amide bonds. The molecule has 1 aromatic rings. The monoisotopic (exact) mass is 248 g/mol. The summed E-state index contributed by atoms with van der Waals surface area (Å²) in [5, 5.41) is 12.3. The highest BCUT2D eigenvalue weighted by molar-refractivity contribution is 5.84. The maximum Gasteiger partial charge on any atom is 0.231 e. The fourth-order valence-corrected chi connectivity index (χ4v) is 2.48. The summed E-state index contributed by atoms with van der Waals surface area (Å²) in [4.78, 5) is 14.2. The molecular formula is C14H20N2O2. The van der Waals surface area contributed by atoms with Crippen molar-refractivity contribution in [3.8, 4) is 0 Å². The van der Waals surface area contributed by atoms with Gasteiger partial charge in [0, 0.05) is 26.2 Å². The number of aliphatic hydroxyl groups excluding tert-OH is 1. The minimum absolute atomic E-state index is 0.0153. The van der Waals surface area contributed by atoms with Crippen LogP contribution in [0.2, 0.25) is 0 Å². The number of likely N-dealkylation sites (N-methyl/N-ethyl adjacent to an activating group) is 1. The van der Waals surface area contributed by atoms with Crippen LogP contribution in [0.4, 0.5) is 0 Å². The van der Waals surface area contributed by atoms with Gasteiger partial charge in [-0.3, -0.25) is 4.79 Å². The van der Waals surface area contributed by atoms with Crippen LogP contribution in [-0.2, 0) is 11.3 Å². The van der Waals surface area contributed by atoms with E-state index in [0.717, 1.165) is 12.1 Å². The Morgan fingerprint density at radius 2 is 2.28 bits per heavy atom. The van der Waals surface area contributed by atoms with E-state index in [2.05, 4.69) is 11.4 Å². The van der Waals surface area contributed by atoms with E-state index in [9.17, 15) is 4.79 Å². The van der Waals surface area contributed by atoms with Crippen molar-refractivity contribution >= 4 is 5.91 Å². The lowest BCUT2D eigenvalue weighted by Gasteiger charge is -2.30. The SMILES string of the molecule is CCN(CCO)C(=O)C1CNCc2ccccc21.